The molecule has 0 aromatic heterocycles. The molecule has 1 aliphatic carbocycles. The van der Waals surface area contributed by atoms with Gasteiger partial charge in [0.05, 0.1) is 11.0 Å². The van der Waals surface area contributed by atoms with Gasteiger partial charge < -0.3 is 0 Å². The maximum absolute atomic E-state index is 13.0. The van der Waals surface area contributed by atoms with Crippen molar-refractivity contribution in [3.63, 3.8) is 0 Å². The van der Waals surface area contributed by atoms with E-state index in [9.17, 15) is 21.6 Å². The van der Waals surface area contributed by atoms with Gasteiger partial charge >= 0.3 is 6.36 Å². The molecule has 1 spiro atoms. The van der Waals surface area contributed by atoms with Crippen LogP contribution in [0.5, 0.6) is 0 Å². The minimum absolute atomic E-state index is 0.113. The molecule has 0 radical (unpaired) electrons. The highest BCUT2D eigenvalue weighted by Crippen LogP contribution is 2.45. The second kappa shape index (κ2) is 7.13. The summed E-state index contributed by atoms with van der Waals surface area (Å²) in [4.78, 5) is 0.113. The monoisotopic (exact) mass is 391 g/mol. The lowest BCUT2D eigenvalue weighted by Gasteiger charge is -2.47. The van der Waals surface area contributed by atoms with Crippen LogP contribution in [0.15, 0.2) is 29.2 Å². The first-order valence-electron chi connectivity index (χ1n) is 8.91. The normalized spacial score (nSPS) is 24.7. The van der Waals surface area contributed by atoms with E-state index in [0.717, 1.165) is 37.7 Å². The molecule has 0 bridgehead atoms. The summed E-state index contributed by atoms with van der Waals surface area (Å²) in [6.07, 6.45) is -1.33. The molecule has 2 fully saturated rings. The van der Waals surface area contributed by atoms with Crippen molar-refractivity contribution in [2.75, 3.05) is 13.1 Å². The van der Waals surface area contributed by atoms with Gasteiger partial charge in [-0.25, -0.2) is 8.42 Å². The van der Waals surface area contributed by atoms with E-state index in [4.69, 9.17) is 0 Å². The Kier molecular flexibility index (Phi) is 5.38. The van der Waals surface area contributed by atoms with Crippen molar-refractivity contribution in [3.8, 4) is 0 Å². The Hall–Kier alpha value is -1.12. The highest BCUT2D eigenvalue weighted by Gasteiger charge is 2.47. The molecule has 0 N–H and O–H groups in total. The second-order valence-corrected chi connectivity index (χ2v) is 9.50. The van der Waals surface area contributed by atoms with Crippen LogP contribution in [-0.2, 0) is 14.8 Å². The van der Waals surface area contributed by atoms with Gasteiger partial charge in [0.15, 0.2) is 0 Å². The second-order valence-electron chi connectivity index (χ2n) is 7.56. The number of sulfonamides is 1. The molecule has 1 aliphatic heterocycles. The maximum atomic E-state index is 13.0. The summed E-state index contributed by atoms with van der Waals surface area (Å²) in [6, 6.07) is 6.40. The van der Waals surface area contributed by atoms with Crippen molar-refractivity contribution in [1.82, 2.24) is 4.31 Å². The van der Waals surface area contributed by atoms with Crippen LogP contribution in [-0.4, -0.2) is 38.3 Å². The van der Waals surface area contributed by atoms with Gasteiger partial charge in [-0.15, -0.1) is 13.2 Å². The van der Waals surface area contributed by atoms with E-state index >= 15 is 0 Å². The number of benzene rings is 1. The van der Waals surface area contributed by atoms with E-state index in [-0.39, 0.29) is 24.4 Å². The fraction of sp³-hybridized carbons (Fsp3) is 0.667. The molecule has 1 heterocycles. The zero-order valence-electron chi connectivity index (χ0n) is 14.8. The molecule has 0 amide bonds. The number of nitrogens with zero attached hydrogens (tertiary/aromatic N) is 1. The lowest BCUT2D eigenvalue weighted by atomic mass is 9.69. The van der Waals surface area contributed by atoms with Crippen molar-refractivity contribution >= 4 is 10.0 Å². The third-order valence-corrected chi connectivity index (χ3v) is 7.28. The number of aryl methyl sites for hydroxylation is 1. The third-order valence-electron chi connectivity index (χ3n) is 5.45. The molecule has 8 heteroatoms. The van der Waals surface area contributed by atoms with Gasteiger partial charge in [-0.1, -0.05) is 37.0 Å². The molecule has 1 saturated heterocycles. The zero-order valence-corrected chi connectivity index (χ0v) is 15.6. The van der Waals surface area contributed by atoms with Crippen LogP contribution in [0.4, 0.5) is 13.2 Å². The van der Waals surface area contributed by atoms with Gasteiger partial charge in [0, 0.05) is 13.1 Å². The van der Waals surface area contributed by atoms with Crippen molar-refractivity contribution in [2.24, 2.45) is 5.41 Å². The number of rotatable bonds is 3. The Balaban J connectivity index is 1.90. The first-order chi connectivity index (χ1) is 12.1. The molecular weight excluding hydrogens is 367 g/mol. The molecule has 1 aromatic carbocycles. The molecule has 4 nitrogen and oxygen atoms in total. The summed E-state index contributed by atoms with van der Waals surface area (Å²) >= 11 is 0. The van der Waals surface area contributed by atoms with E-state index in [2.05, 4.69) is 4.74 Å². The fourth-order valence-electron chi connectivity index (χ4n) is 4.25. The first kappa shape index (κ1) is 19.6. The Morgan fingerprint density at radius 2 is 1.73 bits per heavy atom. The predicted molar refractivity (Wildman–Crippen MR) is 91.0 cm³/mol. The minimum Gasteiger partial charge on any atom is -0.287 e. The summed E-state index contributed by atoms with van der Waals surface area (Å²) in [5.41, 5.74) is 0.495. The van der Waals surface area contributed by atoms with Crippen LogP contribution in [0.25, 0.3) is 0 Å². The smallest absolute Gasteiger partial charge is 0.287 e. The summed E-state index contributed by atoms with van der Waals surface area (Å²) in [7, 11) is -3.86. The van der Waals surface area contributed by atoms with Crippen LogP contribution in [0, 0.1) is 12.3 Å². The lowest BCUT2D eigenvalue weighted by Crippen LogP contribution is -2.53. The van der Waals surface area contributed by atoms with Crippen LogP contribution >= 0.6 is 0 Å². The van der Waals surface area contributed by atoms with Gasteiger partial charge in [0.25, 0.3) is 0 Å². The standard InChI is InChI=1S/C18H24F3NO3S/c1-14-5-7-16(8-6-14)26(23,24)22-12-15(25-18(19,20)21)11-17(13-22)9-3-2-4-10-17/h5-8,15H,2-4,9-13H2,1H3. The molecule has 2 aliphatic rings. The largest absolute Gasteiger partial charge is 0.522 e. The van der Waals surface area contributed by atoms with Crippen molar-refractivity contribution in [3.05, 3.63) is 29.8 Å². The first-order valence-corrected chi connectivity index (χ1v) is 10.4. The average molecular weight is 391 g/mol. The van der Waals surface area contributed by atoms with Gasteiger partial charge in [-0.2, -0.15) is 4.31 Å². The Morgan fingerprint density at radius 3 is 2.31 bits per heavy atom. The van der Waals surface area contributed by atoms with Gasteiger partial charge in [-0.3, -0.25) is 4.74 Å². The van der Waals surface area contributed by atoms with E-state index in [0.29, 0.717) is 0 Å². The van der Waals surface area contributed by atoms with Gasteiger partial charge in [0.1, 0.15) is 0 Å². The third kappa shape index (κ3) is 4.40. The zero-order chi connectivity index (χ0) is 19.0. The van der Waals surface area contributed by atoms with Crippen molar-refractivity contribution < 1.29 is 26.3 Å². The highest BCUT2D eigenvalue weighted by molar-refractivity contribution is 7.89. The number of piperidine rings is 1. The van der Waals surface area contributed by atoms with Crippen LogP contribution in [0.2, 0.25) is 0 Å². The topological polar surface area (TPSA) is 46.6 Å². The molecule has 146 valence electrons. The molecule has 3 rings (SSSR count). The molecule has 1 aromatic rings. The van der Waals surface area contributed by atoms with Crippen LogP contribution < -0.4 is 0 Å². The summed E-state index contributed by atoms with van der Waals surface area (Å²) in [5, 5.41) is 0. The number of alkyl halides is 3. The van der Waals surface area contributed by atoms with Gasteiger partial charge in [-0.05, 0) is 43.7 Å². The predicted octanol–water partition coefficient (Wildman–Crippen LogP) is 4.24. The van der Waals surface area contributed by atoms with Crippen molar-refractivity contribution in [2.45, 2.75) is 62.8 Å². The molecule has 1 atom stereocenters. The highest BCUT2D eigenvalue weighted by atomic mass is 32.2. The molecule has 1 unspecified atom stereocenters. The molecule has 1 saturated carbocycles. The van der Waals surface area contributed by atoms with E-state index < -0.39 is 27.9 Å². The maximum Gasteiger partial charge on any atom is 0.522 e. The summed E-state index contributed by atoms with van der Waals surface area (Å²) in [5.74, 6) is 0. The molecular formula is C18H24F3NO3S. The number of hydrogen-bond donors (Lipinski definition) is 0. The van der Waals surface area contributed by atoms with Crippen LogP contribution in [0.3, 0.4) is 0 Å². The Bertz CT molecular complexity index is 725. The summed E-state index contributed by atoms with van der Waals surface area (Å²) in [6.45, 7) is 1.85. The number of hydrogen-bond acceptors (Lipinski definition) is 3. The summed E-state index contributed by atoms with van der Waals surface area (Å²) < 4.78 is 69.9. The number of ether oxygens (including phenoxy) is 1. The van der Waals surface area contributed by atoms with Crippen LogP contribution in [0.1, 0.15) is 44.1 Å². The van der Waals surface area contributed by atoms with E-state index in [1.54, 1.807) is 12.1 Å². The number of halogens is 3. The minimum atomic E-state index is -4.77. The lowest BCUT2D eigenvalue weighted by molar-refractivity contribution is -0.348. The molecule has 26 heavy (non-hydrogen) atoms. The Labute approximate surface area is 152 Å². The van der Waals surface area contributed by atoms with E-state index in [1.165, 1.54) is 16.4 Å². The van der Waals surface area contributed by atoms with Crippen molar-refractivity contribution in [1.29, 1.82) is 0 Å². The fourth-order valence-corrected chi connectivity index (χ4v) is 5.84. The SMILES string of the molecule is Cc1ccc(S(=O)(=O)N2CC(OC(F)(F)F)CC3(CCCCC3)C2)cc1. The van der Waals surface area contributed by atoms with Gasteiger partial charge in [0.2, 0.25) is 10.0 Å². The average Bonchev–Trinajstić information content (AvgIpc) is 2.54. The quantitative estimate of drug-likeness (QED) is 0.774. The Morgan fingerprint density at radius 1 is 1.12 bits per heavy atom. The van der Waals surface area contributed by atoms with E-state index in [1.807, 2.05) is 6.92 Å².